The van der Waals surface area contributed by atoms with E-state index in [-0.39, 0.29) is 0 Å². The smallest absolute Gasteiger partial charge is 0.250 e. The van der Waals surface area contributed by atoms with Gasteiger partial charge in [0.1, 0.15) is 11.6 Å². The van der Waals surface area contributed by atoms with Crippen LogP contribution in [-0.2, 0) is 0 Å². The number of rotatable bonds is 5. The zero-order valence-electron chi connectivity index (χ0n) is 12.2. The van der Waals surface area contributed by atoms with Crippen LogP contribution in [0.25, 0.3) is 5.65 Å². The number of nitrogens with one attached hydrogen (secondary N) is 2. The molecule has 0 bridgehead atoms. The van der Waals surface area contributed by atoms with Crippen LogP contribution in [0.4, 0.5) is 17.5 Å². The third kappa shape index (κ3) is 2.41. The normalized spacial score (nSPS) is 14.0. The third-order valence-corrected chi connectivity index (χ3v) is 3.55. The molecule has 1 aliphatic carbocycles. The first-order chi connectivity index (χ1) is 10.8. The van der Waals surface area contributed by atoms with Crippen LogP contribution >= 0.6 is 0 Å². The molecule has 112 valence electrons. The van der Waals surface area contributed by atoms with Crippen molar-refractivity contribution in [2.45, 2.75) is 18.9 Å². The van der Waals surface area contributed by atoms with Gasteiger partial charge in [0, 0.05) is 6.04 Å². The minimum Gasteiger partial charge on any atom is -0.495 e. The summed E-state index contributed by atoms with van der Waals surface area (Å²) < 4.78 is 7.03. The summed E-state index contributed by atoms with van der Waals surface area (Å²) in [5, 5.41) is 19.4. The second-order valence-electron chi connectivity index (χ2n) is 5.26. The van der Waals surface area contributed by atoms with Crippen molar-refractivity contribution in [2.75, 3.05) is 17.7 Å². The number of methoxy groups -OCH3 is 1. The summed E-state index contributed by atoms with van der Waals surface area (Å²) in [5.41, 5.74) is 1.51. The summed E-state index contributed by atoms with van der Waals surface area (Å²) in [5.74, 6) is 2.13. The van der Waals surface area contributed by atoms with Gasteiger partial charge in [-0.25, -0.2) is 0 Å². The van der Waals surface area contributed by atoms with Gasteiger partial charge in [-0.2, -0.15) is 4.52 Å². The molecule has 1 fully saturated rings. The fraction of sp³-hybridized carbons (Fsp3) is 0.267. The number of benzene rings is 1. The highest BCUT2D eigenvalue weighted by atomic mass is 16.5. The number of anilines is 3. The lowest BCUT2D eigenvalue weighted by Gasteiger charge is -2.09. The predicted molar refractivity (Wildman–Crippen MR) is 83.7 cm³/mol. The van der Waals surface area contributed by atoms with Crippen molar-refractivity contribution >= 4 is 23.1 Å². The van der Waals surface area contributed by atoms with Crippen molar-refractivity contribution in [2.24, 2.45) is 0 Å². The molecular weight excluding hydrogens is 280 g/mol. The molecule has 0 amide bonds. The van der Waals surface area contributed by atoms with Crippen molar-refractivity contribution in [1.82, 2.24) is 19.8 Å². The van der Waals surface area contributed by atoms with E-state index >= 15 is 0 Å². The van der Waals surface area contributed by atoms with Crippen LogP contribution in [0.1, 0.15) is 12.8 Å². The van der Waals surface area contributed by atoms with Gasteiger partial charge in [-0.15, -0.1) is 15.3 Å². The maximum absolute atomic E-state index is 5.34. The second kappa shape index (κ2) is 5.18. The van der Waals surface area contributed by atoms with Gasteiger partial charge >= 0.3 is 0 Å². The number of ether oxygens (including phenoxy) is 1. The Morgan fingerprint density at radius 2 is 2.00 bits per heavy atom. The molecule has 2 heterocycles. The van der Waals surface area contributed by atoms with Crippen LogP contribution in [0, 0.1) is 0 Å². The SMILES string of the molecule is COc1ccccc1Nc1nnc2ccc(NC3CC3)nn12. The lowest BCUT2D eigenvalue weighted by molar-refractivity contribution is 0.417. The van der Waals surface area contributed by atoms with Crippen molar-refractivity contribution in [3.8, 4) is 5.75 Å². The molecule has 0 atom stereocenters. The van der Waals surface area contributed by atoms with Crippen LogP contribution < -0.4 is 15.4 Å². The number of para-hydroxylation sites is 2. The van der Waals surface area contributed by atoms with Gasteiger partial charge in [-0.1, -0.05) is 12.1 Å². The van der Waals surface area contributed by atoms with E-state index in [1.54, 1.807) is 11.6 Å². The fourth-order valence-electron chi connectivity index (χ4n) is 2.25. The van der Waals surface area contributed by atoms with Gasteiger partial charge < -0.3 is 15.4 Å². The molecule has 22 heavy (non-hydrogen) atoms. The van der Waals surface area contributed by atoms with E-state index in [1.807, 2.05) is 36.4 Å². The highest BCUT2D eigenvalue weighted by Crippen LogP contribution is 2.27. The van der Waals surface area contributed by atoms with Crippen molar-refractivity contribution in [3.05, 3.63) is 36.4 Å². The number of aromatic nitrogens is 4. The van der Waals surface area contributed by atoms with E-state index < -0.39 is 0 Å². The Labute approximate surface area is 127 Å². The molecule has 0 spiro atoms. The number of nitrogens with zero attached hydrogens (tertiary/aromatic N) is 4. The molecular formula is C15H16N6O. The molecule has 0 saturated heterocycles. The first kappa shape index (κ1) is 12.9. The Bertz CT molecular complexity index is 811. The first-order valence-corrected chi connectivity index (χ1v) is 7.22. The molecule has 0 unspecified atom stereocenters. The molecule has 1 saturated carbocycles. The minimum absolute atomic E-state index is 0.548. The predicted octanol–water partition coefficient (Wildman–Crippen LogP) is 2.45. The maximum atomic E-state index is 5.34. The fourth-order valence-corrected chi connectivity index (χ4v) is 2.25. The van der Waals surface area contributed by atoms with E-state index in [0.29, 0.717) is 17.6 Å². The van der Waals surface area contributed by atoms with Gasteiger partial charge in [0.05, 0.1) is 12.8 Å². The molecule has 2 aromatic heterocycles. The summed E-state index contributed by atoms with van der Waals surface area (Å²) in [6.45, 7) is 0. The van der Waals surface area contributed by atoms with Gasteiger partial charge in [0.2, 0.25) is 0 Å². The van der Waals surface area contributed by atoms with Crippen LogP contribution in [0.2, 0.25) is 0 Å². The summed E-state index contributed by atoms with van der Waals surface area (Å²) in [6.07, 6.45) is 2.41. The van der Waals surface area contributed by atoms with E-state index in [1.165, 1.54) is 12.8 Å². The van der Waals surface area contributed by atoms with E-state index in [9.17, 15) is 0 Å². The van der Waals surface area contributed by atoms with Gasteiger partial charge in [-0.05, 0) is 37.1 Å². The number of hydrogen-bond acceptors (Lipinski definition) is 6. The Hall–Kier alpha value is -2.83. The lowest BCUT2D eigenvalue weighted by Crippen LogP contribution is -2.07. The molecule has 0 aliphatic heterocycles. The molecule has 4 rings (SSSR count). The lowest BCUT2D eigenvalue weighted by atomic mass is 10.3. The first-order valence-electron chi connectivity index (χ1n) is 7.22. The zero-order chi connectivity index (χ0) is 14.9. The maximum Gasteiger partial charge on any atom is 0.250 e. The topological polar surface area (TPSA) is 76.4 Å². The Kier molecular flexibility index (Phi) is 3.03. The van der Waals surface area contributed by atoms with Crippen LogP contribution in [-0.4, -0.2) is 33.0 Å². The average molecular weight is 296 g/mol. The summed E-state index contributed by atoms with van der Waals surface area (Å²) in [4.78, 5) is 0. The molecule has 3 aromatic rings. The van der Waals surface area contributed by atoms with Crippen molar-refractivity contribution in [3.63, 3.8) is 0 Å². The molecule has 2 N–H and O–H groups in total. The molecule has 1 aliphatic rings. The number of hydrogen-bond donors (Lipinski definition) is 2. The standard InChI is InChI=1S/C15H16N6O/c1-22-12-5-3-2-4-11(12)17-15-19-18-14-9-8-13(20-21(14)15)16-10-6-7-10/h2-5,8-10H,6-7H2,1H3,(H,16,20)(H,17,19). The third-order valence-electron chi connectivity index (χ3n) is 3.55. The van der Waals surface area contributed by atoms with Crippen LogP contribution in [0.15, 0.2) is 36.4 Å². The quantitative estimate of drug-likeness (QED) is 0.753. The molecule has 0 radical (unpaired) electrons. The largest absolute Gasteiger partial charge is 0.495 e. The van der Waals surface area contributed by atoms with Gasteiger partial charge in [0.15, 0.2) is 5.65 Å². The van der Waals surface area contributed by atoms with E-state index in [0.717, 1.165) is 17.3 Å². The Balaban J connectivity index is 1.68. The van der Waals surface area contributed by atoms with Crippen molar-refractivity contribution in [1.29, 1.82) is 0 Å². The van der Waals surface area contributed by atoms with E-state index in [4.69, 9.17) is 4.74 Å². The highest BCUT2D eigenvalue weighted by molar-refractivity contribution is 5.63. The summed E-state index contributed by atoms with van der Waals surface area (Å²) in [6, 6.07) is 12.0. The average Bonchev–Trinajstić information content (AvgIpc) is 3.28. The van der Waals surface area contributed by atoms with Gasteiger partial charge in [0.25, 0.3) is 5.95 Å². The van der Waals surface area contributed by atoms with E-state index in [2.05, 4.69) is 25.9 Å². The Morgan fingerprint density at radius 3 is 2.82 bits per heavy atom. The molecule has 1 aromatic carbocycles. The number of fused-ring (bicyclic) bond motifs is 1. The van der Waals surface area contributed by atoms with Crippen LogP contribution in [0.3, 0.4) is 0 Å². The molecule has 7 nitrogen and oxygen atoms in total. The summed E-state index contributed by atoms with van der Waals surface area (Å²) in [7, 11) is 1.64. The van der Waals surface area contributed by atoms with Gasteiger partial charge in [-0.3, -0.25) is 0 Å². The monoisotopic (exact) mass is 296 g/mol. The van der Waals surface area contributed by atoms with Crippen molar-refractivity contribution < 1.29 is 4.74 Å². The highest BCUT2D eigenvalue weighted by Gasteiger charge is 2.21. The second-order valence-corrected chi connectivity index (χ2v) is 5.26. The Morgan fingerprint density at radius 1 is 1.14 bits per heavy atom. The summed E-state index contributed by atoms with van der Waals surface area (Å²) >= 11 is 0. The zero-order valence-corrected chi connectivity index (χ0v) is 12.2. The van der Waals surface area contributed by atoms with Crippen LogP contribution in [0.5, 0.6) is 5.75 Å². The molecule has 7 heteroatoms. The minimum atomic E-state index is 0.548.